The van der Waals surface area contributed by atoms with E-state index in [1.165, 1.54) is 19.9 Å². The Morgan fingerprint density at radius 2 is 2.04 bits per heavy atom. The monoisotopic (exact) mass is 363 g/mol. The number of halogens is 2. The molecule has 1 N–H and O–H groups in total. The van der Waals surface area contributed by atoms with Crippen LogP contribution in [0.2, 0.25) is 5.02 Å². The average Bonchev–Trinajstić information content (AvgIpc) is 2.74. The molecule has 0 saturated carbocycles. The van der Waals surface area contributed by atoms with Crippen LogP contribution in [-0.2, 0) is 25.2 Å². The molecule has 6 nitrogen and oxygen atoms in total. The topological polar surface area (TPSA) is 83.9 Å². The Bertz CT molecular complexity index is 807. The summed E-state index contributed by atoms with van der Waals surface area (Å²) in [6.07, 6.45) is 0. The Morgan fingerprint density at radius 1 is 1.43 bits per heavy atom. The van der Waals surface area contributed by atoms with Crippen LogP contribution in [0.25, 0.3) is 0 Å². The highest BCUT2D eigenvalue weighted by Crippen LogP contribution is 2.42. The predicted molar refractivity (Wildman–Crippen MR) is 81.7 cm³/mol. The van der Waals surface area contributed by atoms with Gasteiger partial charge in [0, 0.05) is 17.6 Å². The number of aliphatic hydroxyl groups excluding tert-OH is 1. The molecule has 0 bridgehead atoms. The third kappa shape index (κ3) is 2.76. The molecule has 0 fully saturated rings. The summed E-state index contributed by atoms with van der Waals surface area (Å²) >= 11 is 5.99. The van der Waals surface area contributed by atoms with Crippen LogP contribution in [0.4, 0.5) is 4.39 Å². The molecule has 1 unspecified atom stereocenters. The number of hydrogen-bond donors (Lipinski definition) is 1. The summed E-state index contributed by atoms with van der Waals surface area (Å²) in [5.41, 5.74) is -1.83. The van der Waals surface area contributed by atoms with Crippen LogP contribution >= 0.6 is 11.6 Å². The lowest BCUT2D eigenvalue weighted by molar-refractivity contribution is -0.132. The van der Waals surface area contributed by atoms with Gasteiger partial charge in [0.2, 0.25) is 21.4 Å². The molecule has 1 heterocycles. The molecule has 23 heavy (non-hydrogen) atoms. The number of rotatable bonds is 4. The highest BCUT2D eigenvalue weighted by Gasteiger charge is 2.51. The molecule has 126 valence electrons. The molecule has 2 rings (SSSR count). The van der Waals surface area contributed by atoms with Crippen molar-refractivity contribution in [2.75, 3.05) is 12.8 Å². The van der Waals surface area contributed by atoms with Crippen molar-refractivity contribution < 1.29 is 27.4 Å². The van der Waals surface area contributed by atoms with Crippen molar-refractivity contribution in [3.63, 3.8) is 0 Å². The normalized spacial score (nSPS) is 21.5. The van der Waals surface area contributed by atoms with E-state index in [1.54, 1.807) is 0 Å². The van der Waals surface area contributed by atoms with Crippen molar-refractivity contribution in [1.82, 2.24) is 4.31 Å². The first-order valence-corrected chi connectivity index (χ1v) is 8.62. The van der Waals surface area contributed by atoms with E-state index in [4.69, 9.17) is 16.3 Å². The van der Waals surface area contributed by atoms with Gasteiger partial charge in [0.05, 0.1) is 5.75 Å². The summed E-state index contributed by atoms with van der Waals surface area (Å²) in [5.74, 6) is -3.18. The Morgan fingerprint density at radius 3 is 2.61 bits per heavy atom. The molecule has 1 aromatic carbocycles. The van der Waals surface area contributed by atoms with Gasteiger partial charge in [-0.2, -0.15) is 0 Å². The molecule has 1 aliphatic rings. The summed E-state index contributed by atoms with van der Waals surface area (Å²) in [7, 11) is -2.61. The van der Waals surface area contributed by atoms with Crippen molar-refractivity contribution in [3.8, 4) is 0 Å². The number of sulfonamides is 1. The summed E-state index contributed by atoms with van der Waals surface area (Å²) < 4.78 is 43.4. The van der Waals surface area contributed by atoms with Gasteiger partial charge < -0.3 is 9.84 Å². The van der Waals surface area contributed by atoms with Crippen molar-refractivity contribution in [2.24, 2.45) is 0 Å². The third-order valence-electron chi connectivity index (χ3n) is 3.66. The van der Waals surface area contributed by atoms with Crippen LogP contribution in [-0.4, -0.2) is 36.4 Å². The van der Waals surface area contributed by atoms with E-state index in [1.807, 2.05) is 0 Å². The van der Waals surface area contributed by atoms with Crippen molar-refractivity contribution in [2.45, 2.75) is 19.4 Å². The van der Waals surface area contributed by atoms with E-state index >= 15 is 0 Å². The Balaban J connectivity index is 2.52. The van der Waals surface area contributed by atoms with Gasteiger partial charge in [0.25, 0.3) is 11.7 Å². The fourth-order valence-electron chi connectivity index (χ4n) is 2.18. The van der Waals surface area contributed by atoms with E-state index in [9.17, 15) is 22.7 Å². The fraction of sp³-hybridized carbons (Fsp3) is 0.357. The molecule has 0 aromatic heterocycles. The first kappa shape index (κ1) is 17.6. The number of nitrogens with zero attached hydrogens (tertiary/aromatic N) is 1. The summed E-state index contributed by atoms with van der Waals surface area (Å²) in [5, 5.41) is 10.1. The van der Waals surface area contributed by atoms with Gasteiger partial charge in [-0.3, -0.25) is 4.79 Å². The molecular formula is C14H15ClFNO5S. The van der Waals surface area contributed by atoms with E-state index in [2.05, 4.69) is 0 Å². The second-order valence-electron chi connectivity index (χ2n) is 5.11. The second kappa shape index (κ2) is 5.68. The highest BCUT2D eigenvalue weighted by molar-refractivity contribution is 7.89. The van der Waals surface area contributed by atoms with Crippen LogP contribution in [0.1, 0.15) is 19.4 Å². The lowest BCUT2D eigenvalue weighted by atomic mass is 9.91. The van der Waals surface area contributed by atoms with Gasteiger partial charge in [-0.15, -0.1) is 0 Å². The van der Waals surface area contributed by atoms with Gasteiger partial charge in [0.1, 0.15) is 5.82 Å². The Hall–Kier alpha value is -1.80. The summed E-state index contributed by atoms with van der Waals surface area (Å²) in [6.45, 7) is 2.69. The zero-order chi connectivity index (χ0) is 17.6. The molecule has 0 amide bonds. The van der Waals surface area contributed by atoms with Crippen LogP contribution in [0.15, 0.2) is 29.8 Å². The maximum Gasteiger partial charge on any atom is 0.251 e. The Kier molecular flexibility index (Phi) is 4.34. The Labute approximate surface area is 138 Å². The smallest absolute Gasteiger partial charge is 0.251 e. The van der Waals surface area contributed by atoms with Gasteiger partial charge in [-0.05, 0) is 32.0 Å². The molecule has 0 saturated heterocycles. The third-order valence-corrected chi connectivity index (χ3v) is 5.72. The van der Waals surface area contributed by atoms with Crippen LogP contribution in [0.3, 0.4) is 0 Å². The number of carbonyl (C=O) groups is 1. The van der Waals surface area contributed by atoms with Gasteiger partial charge in [0.15, 0.2) is 0 Å². The molecule has 9 heteroatoms. The molecule has 1 atom stereocenters. The predicted octanol–water partition coefficient (Wildman–Crippen LogP) is 2.30. The number of hydrogen-bond acceptors (Lipinski definition) is 5. The molecule has 0 radical (unpaired) electrons. The minimum Gasteiger partial charge on any atom is -0.501 e. The SMILES string of the molecule is CCS(=O)(=O)N(C)C1=C(O)C(=O)C(C)(c2cc(F)ccc2Cl)O1. The van der Waals surface area contributed by atoms with E-state index in [0.29, 0.717) is 4.31 Å². The summed E-state index contributed by atoms with van der Waals surface area (Å²) in [6, 6.07) is 3.36. The van der Waals surface area contributed by atoms with Crippen LogP contribution in [0, 0.1) is 5.82 Å². The van der Waals surface area contributed by atoms with Crippen molar-refractivity contribution in [3.05, 3.63) is 46.2 Å². The molecular weight excluding hydrogens is 349 g/mol. The molecule has 1 aliphatic heterocycles. The lowest BCUT2D eigenvalue weighted by Gasteiger charge is -2.27. The number of Topliss-reactive ketones (excluding diaryl/α,β-unsaturated/α-hetero) is 1. The number of carbonyl (C=O) groups excluding carboxylic acids is 1. The summed E-state index contributed by atoms with van der Waals surface area (Å²) in [4.78, 5) is 12.4. The molecule has 1 aromatic rings. The highest BCUT2D eigenvalue weighted by atomic mass is 35.5. The first-order valence-electron chi connectivity index (χ1n) is 6.63. The molecule has 0 spiro atoms. The maximum atomic E-state index is 13.5. The minimum absolute atomic E-state index is 0.00647. The first-order chi connectivity index (χ1) is 10.5. The van der Waals surface area contributed by atoms with Crippen molar-refractivity contribution >= 4 is 27.4 Å². The van der Waals surface area contributed by atoms with E-state index in [0.717, 1.165) is 19.2 Å². The van der Waals surface area contributed by atoms with Crippen LogP contribution in [0.5, 0.6) is 0 Å². The average molecular weight is 364 g/mol. The quantitative estimate of drug-likeness (QED) is 0.887. The fourth-order valence-corrected chi connectivity index (χ4v) is 3.25. The van der Waals surface area contributed by atoms with E-state index < -0.39 is 38.9 Å². The number of benzene rings is 1. The number of ketones is 1. The maximum absolute atomic E-state index is 13.5. The molecule has 0 aliphatic carbocycles. The largest absolute Gasteiger partial charge is 0.501 e. The lowest BCUT2D eigenvalue weighted by Crippen LogP contribution is -2.33. The van der Waals surface area contributed by atoms with Crippen LogP contribution < -0.4 is 0 Å². The van der Waals surface area contributed by atoms with Gasteiger partial charge >= 0.3 is 0 Å². The van der Waals surface area contributed by atoms with Crippen molar-refractivity contribution in [1.29, 1.82) is 0 Å². The minimum atomic E-state index is -3.76. The number of aliphatic hydroxyl groups is 1. The van der Waals surface area contributed by atoms with E-state index in [-0.39, 0.29) is 16.3 Å². The van der Waals surface area contributed by atoms with Gasteiger partial charge in [-0.25, -0.2) is 17.1 Å². The second-order valence-corrected chi connectivity index (χ2v) is 7.81. The standard InChI is InChI=1S/C14H15ClFNO5S/c1-4-23(20,21)17(3)13-11(18)12(19)14(2,22-13)9-7-8(16)5-6-10(9)15/h5-7,18H,4H2,1-3H3. The zero-order valence-electron chi connectivity index (χ0n) is 12.6. The zero-order valence-corrected chi connectivity index (χ0v) is 14.2. The number of ether oxygens (including phenoxy) is 1. The van der Waals surface area contributed by atoms with Gasteiger partial charge in [-0.1, -0.05) is 11.6 Å².